The van der Waals surface area contributed by atoms with Crippen molar-refractivity contribution in [1.82, 2.24) is 10.3 Å². The van der Waals surface area contributed by atoms with E-state index in [1.807, 2.05) is 0 Å². The summed E-state index contributed by atoms with van der Waals surface area (Å²) in [6.45, 7) is -0.324. The highest BCUT2D eigenvalue weighted by Gasteiger charge is 2.29. The molecular formula is C17H16F4N2O3. The van der Waals surface area contributed by atoms with Gasteiger partial charge in [-0.2, -0.15) is 13.2 Å². The molecule has 0 fully saturated rings. The zero-order valence-corrected chi connectivity index (χ0v) is 13.7. The molecule has 9 heteroatoms. The van der Waals surface area contributed by atoms with Crippen LogP contribution in [0.2, 0.25) is 0 Å². The van der Waals surface area contributed by atoms with Gasteiger partial charge in [0, 0.05) is 17.8 Å². The molecule has 0 bridgehead atoms. The normalized spacial score (nSPS) is 11.7. The number of rotatable bonds is 6. The SMILES string of the molecule is [2H]COc1nc(C)ccc1C(=O)NCc1c(F)cccc1OCC(F)(F)F. The van der Waals surface area contributed by atoms with Crippen LogP contribution >= 0.6 is 0 Å². The van der Waals surface area contributed by atoms with E-state index >= 15 is 0 Å². The van der Waals surface area contributed by atoms with Crippen LogP contribution in [0.1, 0.15) is 23.0 Å². The number of nitrogens with one attached hydrogen (secondary N) is 1. The lowest BCUT2D eigenvalue weighted by molar-refractivity contribution is -0.153. The van der Waals surface area contributed by atoms with Gasteiger partial charge in [0.2, 0.25) is 5.88 Å². The summed E-state index contributed by atoms with van der Waals surface area (Å²) in [4.78, 5) is 16.3. The second-order valence-electron chi connectivity index (χ2n) is 5.25. The van der Waals surface area contributed by atoms with Gasteiger partial charge in [0.15, 0.2) is 6.61 Å². The highest BCUT2D eigenvalue weighted by molar-refractivity contribution is 5.96. The summed E-state index contributed by atoms with van der Waals surface area (Å²) in [5.74, 6) is -1.89. The number of hydrogen-bond acceptors (Lipinski definition) is 4. The summed E-state index contributed by atoms with van der Waals surface area (Å²) >= 11 is 0. The lowest BCUT2D eigenvalue weighted by atomic mass is 10.1. The zero-order chi connectivity index (χ0) is 20.0. The number of nitrogens with zero attached hydrogens (tertiary/aromatic N) is 1. The molecule has 5 nitrogen and oxygen atoms in total. The first-order valence-electron chi connectivity index (χ1n) is 8.07. The van der Waals surface area contributed by atoms with Gasteiger partial charge in [-0.05, 0) is 31.2 Å². The van der Waals surface area contributed by atoms with Crippen LogP contribution in [0.15, 0.2) is 30.3 Å². The number of benzene rings is 1. The van der Waals surface area contributed by atoms with E-state index in [-0.39, 0.29) is 22.8 Å². The fourth-order valence-corrected chi connectivity index (χ4v) is 2.08. The molecule has 0 unspecified atom stereocenters. The maximum Gasteiger partial charge on any atom is 0.422 e. The van der Waals surface area contributed by atoms with Crippen molar-refractivity contribution in [3.05, 3.63) is 53.0 Å². The first-order valence-corrected chi connectivity index (χ1v) is 7.36. The van der Waals surface area contributed by atoms with Crippen LogP contribution in [0.5, 0.6) is 11.6 Å². The van der Waals surface area contributed by atoms with Gasteiger partial charge in [0.05, 0.1) is 8.46 Å². The fraction of sp³-hybridized carbons (Fsp3) is 0.294. The number of hydrogen-bond donors (Lipinski definition) is 1. The Morgan fingerprint density at radius 3 is 2.77 bits per heavy atom. The van der Waals surface area contributed by atoms with Gasteiger partial charge < -0.3 is 14.8 Å². The number of pyridine rings is 1. The van der Waals surface area contributed by atoms with Gasteiger partial charge in [-0.1, -0.05) is 6.07 Å². The number of amides is 1. The molecule has 0 saturated carbocycles. The van der Waals surface area contributed by atoms with Gasteiger partial charge in [0.1, 0.15) is 17.1 Å². The number of carbonyl (C=O) groups excluding carboxylic acids is 1. The van der Waals surface area contributed by atoms with E-state index in [1.165, 1.54) is 18.2 Å². The van der Waals surface area contributed by atoms with Crippen LogP contribution in [-0.4, -0.2) is 30.8 Å². The molecule has 26 heavy (non-hydrogen) atoms. The van der Waals surface area contributed by atoms with Crippen LogP contribution in [0.4, 0.5) is 17.6 Å². The highest BCUT2D eigenvalue weighted by atomic mass is 19.4. The van der Waals surface area contributed by atoms with Crippen molar-refractivity contribution in [3.8, 4) is 11.6 Å². The van der Waals surface area contributed by atoms with Crippen LogP contribution in [0, 0.1) is 12.7 Å². The highest BCUT2D eigenvalue weighted by Crippen LogP contribution is 2.25. The third-order valence-electron chi connectivity index (χ3n) is 3.27. The molecule has 0 aliphatic heterocycles. The molecule has 2 aromatic rings. The van der Waals surface area contributed by atoms with Gasteiger partial charge in [0.25, 0.3) is 5.91 Å². The molecule has 1 aromatic heterocycles. The number of methoxy groups -OCH3 is 1. The van der Waals surface area contributed by atoms with Crippen molar-refractivity contribution in [2.75, 3.05) is 13.7 Å². The van der Waals surface area contributed by atoms with E-state index in [4.69, 9.17) is 6.11 Å². The fourth-order valence-electron chi connectivity index (χ4n) is 2.08. The van der Waals surface area contributed by atoms with E-state index < -0.39 is 38.1 Å². The molecular weight excluding hydrogens is 356 g/mol. The first-order chi connectivity index (χ1) is 12.7. The minimum Gasteiger partial charge on any atom is -0.484 e. The summed E-state index contributed by atoms with van der Waals surface area (Å²) < 4.78 is 67.7. The quantitative estimate of drug-likeness (QED) is 0.789. The molecule has 1 aromatic carbocycles. The molecule has 1 heterocycles. The Kier molecular flexibility index (Phi) is 5.55. The van der Waals surface area contributed by atoms with Crippen molar-refractivity contribution in [2.45, 2.75) is 19.6 Å². The molecule has 1 N–H and O–H groups in total. The molecule has 0 spiro atoms. The molecule has 0 atom stereocenters. The Hall–Kier alpha value is -2.84. The first kappa shape index (κ1) is 18.0. The van der Waals surface area contributed by atoms with E-state index in [2.05, 4.69) is 15.0 Å². The summed E-state index contributed by atoms with van der Waals surface area (Å²) in [7, 11) is -0.459. The van der Waals surface area contributed by atoms with Gasteiger partial charge in [-0.25, -0.2) is 9.37 Å². The number of alkyl halides is 3. The van der Waals surface area contributed by atoms with E-state index in [9.17, 15) is 22.4 Å². The molecule has 140 valence electrons. The van der Waals surface area contributed by atoms with Crippen molar-refractivity contribution in [1.29, 1.82) is 0 Å². The van der Waals surface area contributed by atoms with E-state index in [0.717, 1.165) is 6.07 Å². The summed E-state index contributed by atoms with van der Waals surface area (Å²) in [6, 6.07) is 6.40. The molecule has 0 saturated heterocycles. The lowest BCUT2D eigenvalue weighted by Gasteiger charge is -2.15. The minimum atomic E-state index is -4.58. The maximum absolute atomic E-state index is 14.0. The van der Waals surface area contributed by atoms with E-state index in [1.54, 1.807) is 13.0 Å². The Morgan fingerprint density at radius 1 is 1.31 bits per heavy atom. The molecule has 2 rings (SSSR count). The van der Waals surface area contributed by atoms with Crippen molar-refractivity contribution in [2.24, 2.45) is 0 Å². The number of aromatic nitrogens is 1. The topological polar surface area (TPSA) is 60.5 Å². The van der Waals surface area contributed by atoms with Crippen LogP contribution in [0.25, 0.3) is 0 Å². The van der Waals surface area contributed by atoms with Crippen molar-refractivity contribution in [3.63, 3.8) is 0 Å². The molecule has 1 amide bonds. The van der Waals surface area contributed by atoms with Crippen molar-refractivity contribution < 1.29 is 33.2 Å². The van der Waals surface area contributed by atoms with Gasteiger partial charge in [-0.15, -0.1) is 0 Å². The second-order valence-corrected chi connectivity index (χ2v) is 5.25. The van der Waals surface area contributed by atoms with Crippen LogP contribution in [0.3, 0.4) is 0 Å². The average molecular weight is 373 g/mol. The lowest BCUT2D eigenvalue weighted by Crippen LogP contribution is -2.25. The number of aryl methyl sites for hydroxylation is 1. The molecule has 0 aliphatic carbocycles. The predicted molar refractivity (Wildman–Crippen MR) is 84.6 cm³/mol. The summed E-state index contributed by atoms with van der Waals surface area (Å²) in [5, 5.41) is 2.39. The Balaban J connectivity index is 2.16. The summed E-state index contributed by atoms with van der Waals surface area (Å²) in [5.41, 5.74) is 0.354. The maximum atomic E-state index is 14.0. The Labute approximate surface area is 148 Å². The number of halogens is 4. The van der Waals surface area contributed by atoms with Crippen LogP contribution < -0.4 is 14.8 Å². The van der Waals surface area contributed by atoms with Gasteiger partial charge >= 0.3 is 6.18 Å². The number of carbonyl (C=O) groups is 1. The number of ether oxygens (including phenoxy) is 2. The standard InChI is InChI=1S/C17H16F4N2O3/c1-10-6-7-11(16(23-10)25-2)15(24)22-8-12-13(18)4-3-5-14(12)26-9-17(19,20)21/h3-7H,8-9H2,1-2H3,(H,22,24)/i2D. The zero-order valence-electron chi connectivity index (χ0n) is 14.7. The summed E-state index contributed by atoms with van der Waals surface area (Å²) in [6.07, 6.45) is -4.58. The average Bonchev–Trinajstić information content (AvgIpc) is 2.58. The van der Waals surface area contributed by atoms with Crippen LogP contribution in [-0.2, 0) is 6.54 Å². The monoisotopic (exact) mass is 373 g/mol. The Bertz CT molecular complexity index is 815. The second kappa shape index (κ2) is 8.03. The molecule has 0 aliphatic rings. The third-order valence-corrected chi connectivity index (χ3v) is 3.27. The Morgan fingerprint density at radius 2 is 2.08 bits per heavy atom. The van der Waals surface area contributed by atoms with Gasteiger partial charge in [-0.3, -0.25) is 4.79 Å². The smallest absolute Gasteiger partial charge is 0.422 e. The minimum absolute atomic E-state index is 0.0157. The largest absolute Gasteiger partial charge is 0.484 e. The van der Waals surface area contributed by atoms with Crippen molar-refractivity contribution >= 4 is 5.91 Å². The van der Waals surface area contributed by atoms with E-state index in [0.29, 0.717) is 5.69 Å². The third kappa shape index (κ3) is 5.08. The molecule has 0 radical (unpaired) electrons. The predicted octanol–water partition coefficient (Wildman–Crippen LogP) is 3.41.